The maximum Gasteiger partial charge on any atom is 0.240 e. The first-order valence-corrected chi connectivity index (χ1v) is 9.76. The van der Waals surface area contributed by atoms with Crippen LogP contribution in [-0.2, 0) is 4.79 Å². The number of hydrazone groups is 1. The topological polar surface area (TPSA) is 136 Å². The molecule has 0 aliphatic heterocycles. The molecule has 0 atom stereocenters. The summed E-state index contributed by atoms with van der Waals surface area (Å²) in [5.74, 6) is -0.147. The Hall–Kier alpha value is -2.95. The summed E-state index contributed by atoms with van der Waals surface area (Å²) in [6.07, 6.45) is 1.35. The lowest BCUT2D eigenvalue weighted by molar-refractivity contribution is -0.113. The smallest absolute Gasteiger partial charge is 0.240 e. The van der Waals surface area contributed by atoms with Crippen molar-refractivity contribution in [3.63, 3.8) is 0 Å². The zero-order chi connectivity index (χ0) is 20.8. The molecule has 3 rings (SSSR count). The minimum Gasteiger partial charge on any atom is -0.508 e. The fraction of sp³-hybridized carbons (Fsp3) is 0.0588. The summed E-state index contributed by atoms with van der Waals surface area (Å²) >= 11 is 13.1. The second-order valence-corrected chi connectivity index (χ2v) is 7.25. The lowest BCUT2D eigenvalue weighted by atomic mass is 10.2. The van der Waals surface area contributed by atoms with Crippen LogP contribution in [0.3, 0.4) is 0 Å². The van der Waals surface area contributed by atoms with E-state index < -0.39 is 0 Å². The highest BCUT2D eigenvalue weighted by molar-refractivity contribution is 7.99. The van der Waals surface area contributed by atoms with Crippen molar-refractivity contribution in [3.8, 4) is 11.5 Å². The second kappa shape index (κ2) is 9.50. The van der Waals surface area contributed by atoms with Gasteiger partial charge >= 0.3 is 0 Å². The van der Waals surface area contributed by atoms with Gasteiger partial charge in [0.15, 0.2) is 0 Å². The van der Waals surface area contributed by atoms with Crippen molar-refractivity contribution in [2.24, 2.45) is 5.10 Å². The maximum atomic E-state index is 12.1. The van der Waals surface area contributed by atoms with Crippen LogP contribution in [-0.4, -0.2) is 43.3 Å². The Bertz CT molecular complexity index is 1060. The lowest BCUT2D eigenvalue weighted by Crippen LogP contribution is -2.14. The summed E-state index contributed by atoms with van der Waals surface area (Å²) in [5, 5.41) is 33.1. The predicted octanol–water partition coefficient (Wildman–Crippen LogP) is 3.70. The molecule has 3 aromatic rings. The molecule has 150 valence electrons. The highest BCUT2D eigenvalue weighted by Gasteiger charge is 2.11. The number of phenolic OH excluding ortho intramolecular Hbond substituents is 2. The van der Waals surface area contributed by atoms with Crippen LogP contribution >= 0.6 is 35.0 Å². The van der Waals surface area contributed by atoms with Crippen LogP contribution in [0.1, 0.15) is 5.56 Å². The first-order valence-electron chi connectivity index (χ1n) is 8.02. The molecule has 0 unspecified atom stereocenters. The van der Waals surface area contributed by atoms with E-state index in [1.54, 1.807) is 18.2 Å². The Kier molecular flexibility index (Phi) is 6.81. The molecule has 0 radical (unpaired) electrons. The van der Waals surface area contributed by atoms with E-state index in [2.05, 4.69) is 31.0 Å². The summed E-state index contributed by atoms with van der Waals surface area (Å²) in [5.41, 5.74) is 3.45. The number of aromatic amines is 1. The summed E-state index contributed by atoms with van der Waals surface area (Å²) in [6, 6.07) is 9.08. The van der Waals surface area contributed by atoms with Crippen molar-refractivity contribution in [1.29, 1.82) is 0 Å². The van der Waals surface area contributed by atoms with Crippen LogP contribution in [0.2, 0.25) is 10.0 Å². The van der Waals surface area contributed by atoms with Gasteiger partial charge in [0, 0.05) is 11.6 Å². The fourth-order valence-electron chi connectivity index (χ4n) is 2.08. The Labute approximate surface area is 179 Å². The van der Waals surface area contributed by atoms with E-state index in [9.17, 15) is 15.0 Å². The molecule has 0 saturated carbocycles. The van der Waals surface area contributed by atoms with E-state index >= 15 is 0 Å². The minimum atomic E-state index is -0.292. The van der Waals surface area contributed by atoms with Crippen LogP contribution in [0.4, 0.5) is 11.6 Å². The van der Waals surface area contributed by atoms with Crippen LogP contribution in [0.15, 0.2) is 46.7 Å². The number of phenols is 2. The normalized spacial score (nSPS) is 11.0. The summed E-state index contributed by atoms with van der Waals surface area (Å²) in [4.78, 5) is 16.2. The number of carbonyl (C=O) groups is 1. The average molecular weight is 453 g/mol. The number of carbonyl (C=O) groups excluding carboxylic acids is 1. The van der Waals surface area contributed by atoms with E-state index in [0.29, 0.717) is 21.4 Å². The number of aromatic nitrogens is 3. The van der Waals surface area contributed by atoms with Gasteiger partial charge in [0.05, 0.1) is 27.7 Å². The molecule has 0 fully saturated rings. The fourth-order valence-corrected chi connectivity index (χ4v) is 3.03. The van der Waals surface area contributed by atoms with Gasteiger partial charge in [-0.15, -0.1) is 5.10 Å². The third-order valence-electron chi connectivity index (χ3n) is 3.41. The van der Waals surface area contributed by atoms with Crippen LogP contribution in [0.5, 0.6) is 11.5 Å². The standard InChI is InChI=1S/C17H14Cl2N6O3S/c18-11-2-1-3-12(15(11)19)21-14(28)8-29-17-22-16(24-25-17)23-20-7-9-4-5-10(26)6-13(9)27/h1-7,26-27H,8H2,(H,21,28)(H2,22,23,24,25)/b20-7-. The molecule has 0 aliphatic rings. The third kappa shape index (κ3) is 5.76. The van der Waals surface area contributed by atoms with E-state index in [1.807, 2.05) is 0 Å². The molecule has 0 saturated heterocycles. The number of amides is 1. The number of hydrogen-bond donors (Lipinski definition) is 5. The van der Waals surface area contributed by atoms with Gasteiger partial charge in [-0.25, -0.2) is 10.5 Å². The monoisotopic (exact) mass is 452 g/mol. The molecule has 2 aromatic carbocycles. The summed E-state index contributed by atoms with van der Waals surface area (Å²) in [7, 11) is 0. The molecule has 1 aromatic heterocycles. The van der Waals surface area contributed by atoms with Gasteiger partial charge in [-0.05, 0) is 24.3 Å². The molecule has 1 amide bonds. The number of nitrogens with one attached hydrogen (secondary N) is 3. The van der Waals surface area contributed by atoms with Gasteiger partial charge in [0.25, 0.3) is 0 Å². The number of thioether (sulfide) groups is 1. The Morgan fingerprint density at radius 1 is 1.28 bits per heavy atom. The first kappa shape index (κ1) is 20.8. The highest BCUT2D eigenvalue weighted by Crippen LogP contribution is 2.29. The molecular weight excluding hydrogens is 439 g/mol. The van der Waals surface area contributed by atoms with E-state index in [1.165, 1.54) is 24.4 Å². The molecule has 29 heavy (non-hydrogen) atoms. The molecule has 0 bridgehead atoms. The van der Waals surface area contributed by atoms with E-state index in [-0.39, 0.29) is 34.1 Å². The van der Waals surface area contributed by atoms with Crippen molar-refractivity contribution in [2.45, 2.75) is 5.16 Å². The first-order chi connectivity index (χ1) is 13.9. The van der Waals surface area contributed by atoms with Crippen molar-refractivity contribution in [1.82, 2.24) is 15.2 Å². The van der Waals surface area contributed by atoms with Gasteiger partial charge < -0.3 is 15.5 Å². The van der Waals surface area contributed by atoms with Crippen molar-refractivity contribution in [3.05, 3.63) is 52.0 Å². The number of hydrogen-bond acceptors (Lipinski definition) is 8. The van der Waals surface area contributed by atoms with Gasteiger partial charge in [0.1, 0.15) is 11.5 Å². The number of nitrogens with zero attached hydrogens (tertiary/aromatic N) is 3. The van der Waals surface area contributed by atoms with Crippen molar-refractivity contribution < 1.29 is 15.0 Å². The zero-order valence-electron chi connectivity index (χ0n) is 14.6. The number of benzene rings is 2. The summed E-state index contributed by atoms with van der Waals surface area (Å²) < 4.78 is 0. The number of anilines is 2. The Morgan fingerprint density at radius 3 is 2.90 bits per heavy atom. The molecular formula is C17H14Cl2N6O3S. The van der Waals surface area contributed by atoms with Crippen molar-refractivity contribution >= 4 is 58.7 Å². The SMILES string of the molecule is O=C(CSc1n[nH]c(N/N=C\c2ccc(O)cc2O)n1)Nc1cccc(Cl)c1Cl. The van der Waals surface area contributed by atoms with Crippen LogP contribution in [0, 0.1) is 0 Å². The van der Waals surface area contributed by atoms with E-state index in [4.69, 9.17) is 23.2 Å². The second-order valence-electron chi connectivity index (χ2n) is 5.52. The molecule has 12 heteroatoms. The van der Waals surface area contributed by atoms with Crippen LogP contribution < -0.4 is 10.7 Å². The molecule has 0 spiro atoms. The zero-order valence-corrected chi connectivity index (χ0v) is 16.9. The van der Waals surface area contributed by atoms with Gasteiger partial charge in [-0.1, -0.05) is 41.0 Å². The third-order valence-corrected chi connectivity index (χ3v) is 5.08. The van der Waals surface area contributed by atoms with Crippen molar-refractivity contribution in [2.75, 3.05) is 16.5 Å². The molecule has 1 heterocycles. The quantitative estimate of drug-likeness (QED) is 0.209. The van der Waals surface area contributed by atoms with Gasteiger partial charge in [0.2, 0.25) is 17.0 Å². The lowest BCUT2D eigenvalue weighted by Gasteiger charge is -2.07. The molecule has 0 aliphatic carbocycles. The summed E-state index contributed by atoms with van der Waals surface area (Å²) in [6.45, 7) is 0. The average Bonchev–Trinajstić information content (AvgIpc) is 3.13. The predicted molar refractivity (Wildman–Crippen MR) is 113 cm³/mol. The Morgan fingerprint density at radius 2 is 2.10 bits per heavy atom. The molecule has 5 N–H and O–H groups in total. The number of halogens is 2. The minimum absolute atomic E-state index is 0.0498. The van der Waals surface area contributed by atoms with Gasteiger partial charge in [-0.3, -0.25) is 4.79 Å². The number of aromatic hydroxyl groups is 2. The number of H-pyrrole nitrogens is 1. The largest absolute Gasteiger partial charge is 0.508 e. The Balaban J connectivity index is 1.50. The molecule has 9 nitrogen and oxygen atoms in total. The van der Waals surface area contributed by atoms with E-state index in [0.717, 1.165) is 11.8 Å². The maximum absolute atomic E-state index is 12.1. The van der Waals surface area contributed by atoms with Gasteiger partial charge in [-0.2, -0.15) is 10.1 Å². The number of rotatable bonds is 7. The highest BCUT2D eigenvalue weighted by atomic mass is 35.5. The van der Waals surface area contributed by atoms with Crippen LogP contribution in [0.25, 0.3) is 0 Å².